The fraction of sp³-hybridized carbons (Fsp3) is 0.227. The quantitative estimate of drug-likeness (QED) is 0.573. The normalized spacial score (nSPS) is 10.3. The Balaban J connectivity index is 1.92. The number of hydrogen-bond acceptors (Lipinski definition) is 5. The third-order valence-electron chi connectivity index (χ3n) is 4.11. The molecule has 3 rings (SSSR count). The van der Waals surface area contributed by atoms with Gasteiger partial charge in [-0.15, -0.1) is 0 Å². The van der Waals surface area contributed by atoms with Crippen LogP contribution >= 0.6 is 0 Å². The van der Waals surface area contributed by atoms with E-state index in [2.05, 4.69) is 18.0 Å². The highest BCUT2D eigenvalue weighted by atomic mass is 16.5. The van der Waals surface area contributed by atoms with Gasteiger partial charge in [0.2, 0.25) is 0 Å². The summed E-state index contributed by atoms with van der Waals surface area (Å²) in [5, 5.41) is 9.54. The Morgan fingerprint density at radius 2 is 1.96 bits per heavy atom. The van der Waals surface area contributed by atoms with Gasteiger partial charge >= 0.3 is 5.97 Å². The van der Waals surface area contributed by atoms with Gasteiger partial charge in [0.1, 0.15) is 17.6 Å². The molecule has 0 saturated heterocycles. The molecule has 6 nitrogen and oxygen atoms in total. The first-order valence-electron chi connectivity index (χ1n) is 9.15. The third-order valence-corrected chi connectivity index (χ3v) is 4.11. The van der Waals surface area contributed by atoms with Crippen molar-refractivity contribution in [1.82, 2.24) is 9.55 Å². The Hall–Kier alpha value is -3.59. The lowest BCUT2D eigenvalue weighted by Crippen LogP contribution is -2.06. The molecule has 0 aliphatic rings. The van der Waals surface area contributed by atoms with Gasteiger partial charge in [-0.1, -0.05) is 19.1 Å². The van der Waals surface area contributed by atoms with Crippen LogP contribution in [0.15, 0.2) is 55.0 Å². The molecule has 0 N–H and O–H groups in total. The van der Waals surface area contributed by atoms with Crippen LogP contribution in [0.4, 0.5) is 0 Å². The summed E-state index contributed by atoms with van der Waals surface area (Å²) < 4.78 is 12.4. The van der Waals surface area contributed by atoms with Crippen LogP contribution in [0, 0.1) is 11.3 Å². The minimum Gasteiger partial charge on any atom is -0.494 e. The number of benzene rings is 1. The van der Waals surface area contributed by atoms with Gasteiger partial charge in [0.05, 0.1) is 24.3 Å². The van der Waals surface area contributed by atoms with Crippen molar-refractivity contribution in [3.8, 4) is 28.8 Å². The Kier molecular flexibility index (Phi) is 6.07. The van der Waals surface area contributed by atoms with Crippen molar-refractivity contribution < 1.29 is 14.3 Å². The number of hydrogen-bond donors (Lipinski definition) is 0. The summed E-state index contributed by atoms with van der Waals surface area (Å²) in [5.74, 6) is 0.935. The summed E-state index contributed by atoms with van der Waals surface area (Å²) in [6.07, 6.45) is 6.03. The second kappa shape index (κ2) is 8.87. The van der Waals surface area contributed by atoms with Gasteiger partial charge in [-0.25, -0.2) is 9.78 Å². The summed E-state index contributed by atoms with van der Waals surface area (Å²) >= 11 is 0. The molecule has 0 aliphatic carbocycles. The number of nitrogens with zero attached hydrogens (tertiary/aromatic N) is 3. The molecule has 0 bridgehead atoms. The molecule has 2 heterocycles. The summed E-state index contributed by atoms with van der Waals surface area (Å²) in [6, 6.07) is 13.1. The van der Waals surface area contributed by atoms with E-state index in [4.69, 9.17) is 9.47 Å². The minimum atomic E-state index is -0.401. The zero-order valence-corrected chi connectivity index (χ0v) is 15.9. The SMILES string of the molecule is CCCOc1ccc(-c2cn(-c3cc(C(=O)OCC)ccn3)cc2C#N)cc1. The van der Waals surface area contributed by atoms with Crippen LogP contribution in [-0.2, 0) is 4.74 Å². The molecule has 2 aromatic heterocycles. The maximum atomic E-state index is 12.0. The number of ether oxygens (including phenoxy) is 2. The lowest BCUT2D eigenvalue weighted by atomic mass is 10.1. The van der Waals surface area contributed by atoms with Crippen LogP contribution in [0.2, 0.25) is 0 Å². The minimum absolute atomic E-state index is 0.306. The number of carbonyl (C=O) groups excluding carboxylic acids is 1. The number of nitriles is 1. The molecule has 0 unspecified atom stereocenters. The fourth-order valence-corrected chi connectivity index (χ4v) is 2.76. The van der Waals surface area contributed by atoms with Crippen molar-refractivity contribution in [3.05, 3.63) is 66.1 Å². The first kappa shape index (κ1) is 19.2. The Labute approximate surface area is 164 Å². The second-order valence-corrected chi connectivity index (χ2v) is 6.10. The number of esters is 1. The molecule has 0 atom stereocenters. The number of rotatable bonds is 7. The molecule has 0 radical (unpaired) electrons. The van der Waals surface area contributed by atoms with E-state index in [0.29, 0.717) is 30.2 Å². The van der Waals surface area contributed by atoms with Gasteiger partial charge in [-0.05, 0) is 43.2 Å². The van der Waals surface area contributed by atoms with Crippen LogP contribution in [0.5, 0.6) is 5.75 Å². The largest absolute Gasteiger partial charge is 0.494 e. The van der Waals surface area contributed by atoms with Crippen LogP contribution in [0.1, 0.15) is 36.2 Å². The lowest BCUT2D eigenvalue weighted by molar-refractivity contribution is 0.0526. The van der Waals surface area contributed by atoms with E-state index in [9.17, 15) is 10.1 Å². The average molecular weight is 375 g/mol. The average Bonchev–Trinajstić information content (AvgIpc) is 3.17. The smallest absolute Gasteiger partial charge is 0.338 e. The van der Waals surface area contributed by atoms with Gasteiger partial charge < -0.3 is 14.0 Å². The van der Waals surface area contributed by atoms with Crippen LogP contribution < -0.4 is 4.74 Å². The van der Waals surface area contributed by atoms with Gasteiger partial charge in [0, 0.05) is 24.2 Å². The van der Waals surface area contributed by atoms with Crippen molar-refractivity contribution in [3.63, 3.8) is 0 Å². The molecular formula is C22H21N3O3. The fourth-order valence-electron chi connectivity index (χ4n) is 2.76. The van der Waals surface area contributed by atoms with Crippen LogP contribution in [0.3, 0.4) is 0 Å². The van der Waals surface area contributed by atoms with E-state index in [1.165, 1.54) is 0 Å². The molecule has 0 amide bonds. The highest BCUT2D eigenvalue weighted by Gasteiger charge is 2.13. The standard InChI is InChI=1S/C22H21N3O3/c1-3-11-28-19-7-5-16(6-8-19)20-15-25(14-18(20)13-23)21-12-17(9-10-24-21)22(26)27-4-2/h5-10,12,14-15H,3-4,11H2,1-2H3. The van der Waals surface area contributed by atoms with E-state index >= 15 is 0 Å². The van der Waals surface area contributed by atoms with E-state index in [-0.39, 0.29) is 0 Å². The molecule has 0 aliphatic heterocycles. The van der Waals surface area contributed by atoms with Crippen molar-refractivity contribution >= 4 is 5.97 Å². The van der Waals surface area contributed by atoms with Gasteiger partial charge in [-0.3, -0.25) is 0 Å². The summed E-state index contributed by atoms with van der Waals surface area (Å²) in [7, 11) is 0. The summed E-state index contributed by atoms with van der Waals surface area (Å²) in [4.78, 5) is 16.3. The highest BCUT2D eigenvalue weighted by molar-refractivity contribution is 5.89. The van der Waals surface area contributed by atoms with Crippen molar-refractivity contribution in [1.29, 1.82) is 5.26 Å². The second-order valence-electron chi connectivity index (χ2n) is 6.10. The molecule has 0 fully saturated rings. The Morgan fingerprint density at radius 3 is 2.64 bits per heavy atom. The Bertz CT molecular complexity index is 1000. The Morgan fingerprint density at radius 1 is 1.18 bits per heavy atom. The highest BCUT2D eigenvalue weighted by Crippen LogP contribution is 2.28. The van der Waals surface area contributed by atoms with Gasteiger partial charge in [-0.2, -0.15) is 5.26 Å². The van der Waals surface area contributed by atoms with E-state index in [1.807, 2.05) is 30.5 Å². The predicted molar refractivity (Wildman–Crippen MR) is 105 cm³/mol. The van der Waals surface area contributed by atoms with E-state index in [0.717, 1.165) is 23.3 Å². The molecular weight excluding hydrogens is 354 g/mol. The van der Waals surface area contributed by atoms with Gasteiger partial charge in [0.15, 0.2) is 0 Å². The zero-order valence-electron chi connectivity index (χ0n) is 15.9. The first-order chi connectivity index (χ1) is 13.7. The monoisotopic (exact) mass is 375 g/mol. The van der Waals surface area contributed by atoms with Crippen molar-refractivity contribution in [2.45, 2.75) is 20.3 Å². The molecule has 3 aromatic rings. The number of aromatic nitrogens is 2. The zero-order chi connectivity index (χ0) is 19.9. The van der Waals surface area contributed by atoms with Crippen LogP contribution in [-0.4, -0.2) is 28.7 Å². The third kappa shape index (κ3) is 4.21. The topological polar surface area (TPSA) is 77.1 Å². The van der Waals surface area contributed by atoms with Gasteiger partial charge in [0.25, 0.3) is 0 Å². The van der Waals surface area contributed by atoms with Crippen molar-refractivity contribution in [2.75, 3.05) is 13.2 Å². The maximum Gasteiger partial charge on any atom is 0.338 e. The maximum absolute atomic E-state index is 12.0. The summed E-state index contributed by atoms with van der Waals surface area (Å²) in [5.41, 5.74) is 2.62. The first-order valence-corrected chi connectivity index (χ1v) is 9.15. The molecule has 6 heteroatoms. The predicted octanol–water partition coefficient (Wildman–Crippen LogP) is 4.38. The van der Waals surface area contributed by atoms with E-state index in [1.54, 1.807) is 36.0 Å². The molecule has 0 spiro atoms. The lowest BCUT2D eigenvalue weighted by Gasteiger charge is -2.06. The molecule has 1 aromatic carbocycles. The molecule has 0 saturated carbocycles. The summed E-state index contributed by atoms with van der Waals surface area (Å²) in [6.45, 7) is 4.79. The van der Waals surface area contributed by atoms with E-state index < -0.39 is 5.97 Å². The molecule has 28 heavy (non-hydrogen) atoms. The van der Waals surface area contributed by atoms with Crippen LogP contribution in [0.25, 0.3) is 16.9 Å². The number of carbonyl (C=O) groups is 1. The van der Waals surface area contributed by atoms with Crippen molar-refractivity contribution in [2.24, 2.45) is 0 Å². The number of pyridine rings is 1. The molecule has 142 valence electrons.